The highest BCUT2D eigenvalue weighted by Crippen LogP contribution is 2.44. The molecule has 6 rings (SSSR count). The Bertz CT molecular complexity index is 3660. The third kappa shape index (κ3) is 28.3. The van der Waals surface area contributed by atoms with Gasteiger partial charge in [0.1, 0.15) is 37.4 Å². The SMILES string of the molecule is CC[C@H](C)[C@@H](C(CC(=O)N1CCC[C@H]1[C@H](OC)[C@@H](C)C(=O)N[C@H](C)[C@@H](O)c1ccccc1)OC)N(C)C(=O)[C@@H](NC(=O)[C@H](C(C)C)N(C)C(=O)OCc1ccc(NC(=O)[C@H](CCCNC(N)=O)NC(=O)[C@@H](NC(=O)CCOCCOCCOCCOCCNC(=O)OCC2c3ccccc3-c3ccccc32)C(C)C)cc1)C(C)C. The van der Waals surface area contributed by atoms with Gasteiger partial charge in [0.2, 0.25) is 41.4 Å². The lowest BCUT2D eigenvalue weighted by molar-refractivity contribution is -0.148. The number of primary amides is 1. The maximum Gasteiger partial charge on any atom is 0.410 e. The molecule has 1 aliphatic heterocycles. The minimum Gasteiger partial charge on any atom is -0.449 e. The second-order valence-electron chi connectivity index (χ2n) is 30.2. The normalized spacial score (nSPS) is 16.1. The number of likely N-dealkylation sites (N-methyl/N-ethyl adjacent to an activating group) is 2. The van der Waals surface area contributed by atoms with Crippen molar-refractivity contribution in [2.24, 2.45) is 35.3 Å². The molecule has 0 spiro atoms. The molecule has 2 aliphatic rings. The molecular formula is C84H125N11O19. The van der Waals surface area contributed by atoms with Gasteiger partial charge in [0, 0.05) is 66.0 Å². The van der Waals surface area contributed by atoms with Gasteiger partial charge in [0.15, 0.2) is 0 Å². The molecule has 114 heavy (non-hydrogen) atoms. The molecule has 4 aromatic carbocycles. The summed E-state index contributed by atoms with van der Waals surface area (Å²) in [5.74, 6) is -5.43. The maximum atomic E-state index is 14.9. The Hall–Kier alpha value is -9.30. The number of fused-ring (bicyclic) bond motifs is 3. The fourth-order valence-corrected chi connectivity index (χ4v) is 14.5. The number of urea groups is 1. The van der Waals surface area contributed by atoms with Crippen LogP contribution in [0.5, 0.6) is 0 Å². The van der Waals surface area contributed by atoms with E-state index in [1.54, 1.807) is 109 Å². The molecule has 12 atom stereocenters. The largest absolute Gasteiger partial charge is 0.449 e. The number of carbonyl (C=O) groups excluding carboxylic acids is 10. The van der Waals surface area contributed by atoms with Crippen LogP contribution in [0.1, 0.15) is 148 Å². The first-order valence-electron chi connectivity index (χ1n) is 39.8. The molecule has 1 aliphatic carbocycles. The highest BCUT2D eigenvalue weighted by atomic mass is 16.6. The van der Waals surface area contributed by atoms with Crippen LogP contribution < -0.4 is 43.0 Å². The minimum atomic E-state index is -1.13. The summed E-state index contributed by atoms with van der Waals surface area (Å²) in [6, 6.07) is 25.0. The number of anilines is 1. The fraction of sp³-hybridized carbons (Fsp3) is 0.595. The predicted octanol–water partition coefficient (Wildman–Crippen LogP) is 7.59. The highest BCUT2D eigenvalue weighted by Gasteiger charge is 2.44. The number of aliphatic hydroxyl groups excluding tert-OH is 1. The summed E-state index contributed by atoms with van der Waals surface area (Å²) in [5, 5.41) is 30.4. The number of methoxy groups -OCH3 is 2. The van der Waals surface area contributed by atoms with Crippen molar-refractivity contribution < 1.29 is 90.9 Å². The van der Waals surface area contributed by atoms with Crippen molar-refractivity contribution in [3.63, 3.8) is 0 Å². The second kappa shape index (κ2) is 48.2. The van der Waals surface area contributed by atoms with Crippen molar-refractivity contribution in [3.05, 3.63) is 125 Å². The molecule has 0 saturated carbocycles. The van der Waals surface area contributed by atoms with Gasteiger partial charge in [-0.15, -0.1) is 0 Å². The quantitative estimate of drug-likeness (QED) is 0.0192. The van der Waals surface area contributed by atoms with E-state index in [1.165, 1.54) is 26.2 Å². The van der Waals surface area contributed by atoms with E-state index in [1.807, 2.05) is 56.3 Å². The minimum absolute atomic E-state index is 0.0267. The Balaban J connectivity index is 0.912. The van der Waals surface area contributed by atoms with E-state index in [2.05, 4.69) is 61.5 Å². The van der Waals surface area contributed by atoms with Crippen LogP contribution in [0, 0.1) is 29.6 Å². The Morgan fingerprint density at radius 2 is 1.19 bits per heavy atom. The molecule has 11 amide bonds. The first-order chi connectivity index (χ1) is 54.5. The zero-order valence-electron chi connectivity index (χ0n) is 68.9. The predicted molar refractivity (Wildman–Crippen MR) is 430 cm³/mol. The van der Waals surface area contributed by atoms with Crippen molar-refractivity contribution in [3.8, 4) is 11.1 Å². The molecule has 1 fully saturated rings. The number of rotatable bonds is 49. The second-order valence-corrected chi connectivity index (χ2v) is 30.2. The van der Waals surface area contributed by atoms with Gasteiger partial charge in [-0.3, -0.25) is 38.5 Å². The van der Waals surface area contributed by atoms with E-state index < -0.39 is 132 Å². The van der Waals surface area contributed by atoms with E-state index in [0.29, 0.717) is 69.0 Å². The number of nitrogens with one attached hydrogen (secondary N) is 7. The van der Waals surface area contributed by atoms with Crippen LogP contribution in [0.3, 0.4) is 0 Å². The van der Waals surface area contributed by atoms with Gasteiger partial charge in [-0.2, -0.15) is 0 Å². The van der Waals surface area contributed by atoms with Crippen LogP contribution in [-0.2, 0) is 78.1 Å². The summed E-state index contributed by atoms with van der Waals surface area (Å²) in [6.07, 6.45) is -1.69. The lowest BCUT2D eigenvalue weighted by Crippen LogP contribution is -2.60. The van der Waals surface area contributed by atoms with E-state index >= 15 is 0 Å². The van der Waals surface area contributed by atoms with Crippen molar-refractivity contribution >= 4 is 65.3 Å². The summed E-state index contributed by atoms with van der Waals surface area (Å²) in [4.78, 5) is 141. The van der Waals surface area contributed by atoms with Gasteiger partial charge in [-0.1, -0.05) is 160 Å². The zero-order valence-corrected chi connectivity index (χ0v) is 68.9. The standard InChI is InChI=1S/C84H125N11O19/c1-15-55(8)74(68(107-13)49-70(97)95-40-24-32-67(95)76(108-14)56(9)77(99)88-57(10)75(98)59-25-17-16-18-26-59)93(11)81(103)72(53(4)5)92-80(102)73(54(6)7)94(12)84(106)114-50-58-33-35-60(36-34-58)89-78(100)66(31-23-38-86-82(85)104)90-79(101)71(52(2)3)91-69(96)37-41-109-43-45-111-47-48-112-46-44-110-42-39-87-83(105)113-51-65-63-29-21-19-27-61(63)62-28-20-22-30-64(62)65/h16-22,25-30,33-36,52-57,65-68,71-76,98H,15,23-24,31-32,37-51H2,1-14H3,(H,87,105)(H,88,99)(H,89,100)(H,90,101)(H,91,96)(H,92,102)(H3,85,86,104)/t55-,56+,57+,66-,67-,68?,71-,72-,73-,74-,75+,76+/m0/s1. The Labute approximate surface area is 671 Å². The number of benzene rings is 4. The molecule has 10 N–H and O–H groups in total. The summed E-state index contributed by atoms with van der Waals surface area (Å²) in [7, 11) is 6.09. The number of ether oxygens (including phenoxy) is 8. The molecule has 1 heterocycles. The first-order valence-corrected chi connectivity index (χ1v) is 39.8. The van der Waals surface area contributed by atoms with Crippen molar-refractivity contribution in [2.45, 2.75) is 187 Å². The van der Waals surface area contributed by atoms with E-state index in [9.17, 15) is 53.1 Å². The molecule has 4 aromatic rings. The summed E-state index contributed by atoms with van der Waals surface area (Å²) in [6.45, 7) is 20.9. The van der Waals surface area contributed by atoms with Gasteiger partial charge >= 0.3 is 18.2 Å². The van der Waals surface area contributed by atoms with Gasteiger partial charge in [0.25, 0.3) is 0 Å². The highest BCUT2D eigenvalue weighted by molar-refractivity contribution is 5.98. The molecule has 0 aromatic heterocycles. The Morgan fingerprint density at radius 1 is 0.605 bits per heavy atom. The number of nitrogens with zero attached hydrogens (tertiary/aromatic N) is 3. The zero-order chi connectivity index (χ0) is 83.6. The summed E-state index contributed by atoms with van der Waals surface area (Å²) < 4.78 is 45.7. The summed E-state index contributed by atoms with van der Waals surface area (Å²) in [5.41, 5.74) is 11.4. The number of hydrogen-bond donors (Lipinski definition) is 9. The third-order valence-corrected chi connectivity index (χ3v) is 21.0. The van der Waals surface area contributed by atoms with E-state index in [0.717, 1.165) is 22.3 Å². The Morgan fingerprint density at radius 3 is 1.76 bits per heavy atom. The average Bonchev–Trinajstić information content (AvgIpc) is 1.61. The molecule has 30 heteroatoms. The maximum absolute atomic E-state index is 14.9. The number of hydrogen-bond acceptors (Lipinski definition) is 19. The number of amides is 11. The van der Waals surface area contributed by atoms with Crippen LogP contribution in [-0.4, -0.2) is 241 Å². The van der Waals surface area contributed by atoms with Gasteiger partial charge < -0.3 is 95.8 Å². The molecular weight excluding hydrogens is 1470 g/mol. The molecule has 1 unspecified atom stereocenters. The molecule has 0 bridgehead atoms. The lowest BCUT2D eigenvalue weighted by atomic mass is 9.89. The fourth-order valence-electron chi connectivity index (χ4n) is 14.5. The number of aliphatic hydroxyl groups is 1. The molecule has 1 saturated heterocycles. The van der Waals surface area contributed by atoms with Crippen molar-refractivity contribution in [1.29, 1.82) is 0 Å². The third-order valence-electron chi connectivity index (χ3n) is 21.0. The summed E-state index contributed by atoms with van der Waals surface area (Å²) >= 11 is 0. The molecule has 0 radical (unpaired) electrons. The number of alkyl carbamates (subject to hydrolysis) is 1. The van der Waals surface area contributed by atoms with Crippen LogP contribution >= 0.6 is 0 Å². The number of likely N-dealkylation sites (tertiary alicyclic amines) is 1. The lowest BCUT2D eigenvalue weighted by Gasteiger charge is -2.41. The van der Waals surface area contributed by atoms with Crippen LogP contribution in [0.2, 0.25) is 0 Å². The van der Waals surface area contributed by atoms with Crippen LogP contribution in [0.25, 0.3) is 11.1 Å². The average molecular weight is 1590 g/mol. The number of nitrogens with two attached hydrogens (primary N) is 1. The smallest absolute Gasteiger partial charge is 0.410 e. The van der Waals surface area contributed by atoms with Crippen molar-refractivity contribution in [1.82, 2.24) is 46.6 Å². The van der Waals surface area contributed by atoms with Gasteiger partial charge in [-0.25, -0.2) is 14.4 Å². The molecule has 30 nitrogen and oxygen atoms in total. The number of carbonyl (C=O) groups is 10. The van der Waals surface area contributed by atoms with E-state index in [-0.39, 0.29) is 102 Å². The van der Waals surface area contributed by atoms with Crippen LogP contribution in [0.15, 0.2) is 103 Å². The van der Waals surface area contributed by atoms with Gasteiger partial charge in [-0.05, 0) is 102 Å². The Kier molecular flexibility index (Phi) is 39.5. The van der Waals surface area contributed by atoms with Crippen molar-refractivity contribution in [2.75, 3.05) is 113 Å². The first kappa shape index (κ1) is 93.6. The van der Waals surface area contributed by atoms with E-state index in [4.69, 9.17) is 43.6 Å². The molecule has 630 valence electrons. The monoisotopic (exact) mass is 1590 g/mol. The van der Waals surface area contributed by atoms with Gasteiger partial charge in [0.05, 0.1) is 102 Å². The topological polar surface area (TPSA) is 385 Å². The van der Waals surface area contributed by atoms with Crippen LogP contribution in [0.4, 0.5) is 20.1 Å².